The first-order valence-electron chi connectivity index (χ1n) is 8.26. The number of hydrogen-bond acceptors (Lipinski definition) is 7. The molecule has 3 heterocycles. The molecule has 0 saturated carbocycles. The van der Waals surface area contributed by atoms with Crippen molar-refractivity contribution in [3.8, 4) is 6.07 Å². The molecule has 26 heavy (non-hydrogen) atoms. The molecular formula is C18H18N6OS. The molecule has 2 aromatic rings. The van der Waals surface area contributed by atoms with Gasteiger partial charge in [0.25, 0.3) is 0 Å². The molecule has 0 fully saturated rings. The summed E-state index contributed by atoms with van der Waals surface area (Å²) in [6.45, 7) is 4.12. The fourth-order valence-corrected chi connectivity index (χ4v) is 4.52. The summed E-state index contributed by atoms with van der Waals surface area (Å²) in [4.78, 5) is 19.0. The van der Waals surface area contributed by atoms with Crippen molar-refractivity contribution >= 4 is 23.1 Å². The maximum absolute atomic E-state index is 13.1. The van der Waals surface area contributed by atoms with Crippen LogP contribution in [0.1, 0.15) is 38.2 Å². The van der Waals surface area contributed by atoms with E-state index in [1.807, 2.05) is 16.8 Å². The highest BCUT2D eigenvalue weighted by atomic mass is 32.1. The van der Waals surface area contributed by atoms with Gasteiger partial charge in [0.05, 0.1) is 17.6 Å². The van der Waals surface area contributed by atoms with Crippen LogP contribution < -0.4 is 10.6 Å². The molecular weight excluding hydrogens is 348 g/mol. The van der Waals surface area contributed by atoms with Crippen LogP contribution in [0.15, 0.2) is 45.8 Å². The van der Waals surface area contributed by atoms with Crippen LogP contribution in [-0.4, -0.2) is 21.0 Å². The second-order valence-electron chi connectivity index (χ2n) is 7.35. The lowest BCUT2D eigenvalue weighted by atomic mass is 9.69. The number of H-pyrrole nitrogens is 1. The van der Waals surface area contributed by atoms with Crippen LogP contribution in [0.2, 0.25) is 0 Å². The van der Waals surface area contributed by atoms with Gasteiger partial charge in [-0.05, 0) is 34.2 Å². The summed E-state index contributed by atoms with van der Waals surface area (Å²) in [5.41, 5.74) is 8.95. The van der Waals surface area contributed by atoms with Gasteiger partial charge in [0.2, 0.25) is 5.95 Å². The Bertz CT molecular complexity index is 962. The maximum atomic E-state index is 13.1. The highest BCUT2D eigenvalue weighted by Gasteiger charge is 2.45. The molecule has 1 atom stereocenters. The topological polar surface area (TPSA) is 112 Å². The van der Waals surface area contributed by atoms with E-state index in [0.29, 0.717) is 35.8 Å². The zero-order chi connectivity index (χ0) is 18.5. The number of carbonyl (C=O) groups excluding carboxylic acids is 1. The number of aromatic nitrogens is 3. The first-order chi connectivity index (χ1) is 12.4. The van der Waals surface area contributed by atoms with Crippen molar-refractivity contribution in [2.24, 2.45) is 11.1 Å². The van der Waals surface area contributed by atoms with Crippen LogP contribution in [0.4, 0.5) is 5.95 Å². The number of rotatable bonds is 2. The molecule has 2 aromatic heterocycles. The quantitative estimate of drug-likeness (QED) is 0.845. The van der Waals surface area contributed by atoms with E-state index >= 15 is 0 Å². The molecule has 8 heteroatoms. The van der Waals surface area contributed by atoms with Crippen molar-refractivity contribution < 1.29 is 4.79 Å². The highest BCUT2D eigenvalue weighted by Crippen LogP contribution is 2.49. The van der Waals surface area contributed by atoms with Crippen molar-refractivity contribution in [1.82, 2.24) is 15.2 Å². The molecule has 1 unspecified atom stereocenters. The number of nitrogens with one attached hydrogen (secondary N) is 1. The lowest BCUT2D eigenvalue weighted by Gasteiger charge is -2.42. The summed E-state index contributed by atoms with van der Waals surface area (Å²) < 4.78 is 0. The van der Waals surface area contributed by atoms with Crippen molar-refractivity contribution in [2.45, 2.75) is 32.6 Å². The van der Waals surface area contributed by atoms with Crippen molar-refractivity contribution in [2.75, 3.05) is 4.90 Å². The predicted octanol–water partition coefficient (Wildman–Crippen LogP) is 2.81. The molecule has 0 aromatic carbocycles. The summed E-state index contributed by atoms with van der Waals surface area (Å²) >= 11 is 1.54. The van der Waals surface area contributed by atoms with E-state index in [4.69, 9.17) is 5.73 Å². The minimum Gasteiger partial charge on any atom is -0.384 e. The number of aromatic amines is 1. The first-order valence-corrected chi connectivity index (χ1v) is 9.21. The number of allylic oxidation sites excluding steroid dienone is 3. The number of nitrogens with zero attached hydrogens (tertiary/aromatic N) is 4. The minimum absolute atomic E-state index is 0.0530. The van der Waals surface area contributed by atoms with Crippen molar-refractivity contribution in [3.63, 3.8) is 0 Å². The number of carbonyl (C=O) groups is 1. The summed E-state index contributed by atoms with van der Waals surface area (Å²) in [6.07, 6.45) is 2.49. The fourth-order valence-electron chi connectivity index (χ4n) is 3.83. The van der Waals surface area contributed by atoms with Gasteiger partial charge in [-0.15, -0.1) is 0 Å². The number of ketones is 1. The molecule has 1 aliphatic carbocycles. The van der Waals surface area contributed by atoms with Gasteiger partial charge in [-0.25, -0.2) is 5.10 Å². The Balaban J connectivity index is 1.99. The van der Waals surface area contributed by atoms with E-state index < -0.39 is 5.92 Å². The third kappa shape index (κ3) is 2.44. The Morgan fingerprint density at radius 3 is 2.88 bits per heavy atom. The molecule has 0 saturated heterocycles. The molecule has 0 spiro atoms. The molecule has 3 N–H and O–H groups in total. The van der Waals surface area contributed by atoms with Gasteiger partial charge in [-0.2, -0.15) is 26.7 Å². The van der Waals surface area contributed by atoms with E-state index in [0.717, 1.165) is 11.3 Å². The van der Waals surface area contributed by atoms with Gasteiger partial charge >= 0.3 is 0 Å². The Hall–Kier alpha value is -2.92. The molecule has 0 radical (unpaired) electrons. The van der Waals surface area contributed by atoms with Crippen LogP contribution >= 0.6 is 11.3 Å². The molecule has 132 valence electrons. The number of nitriles is 1. The standard InChI is InChI=1S/C18H18N6OS/c1-18(2)5-12-15(13(25)6-18)14(10-3-4-26-8-10)11(7-19)16(20)24(12)17-21-9-22-23-17/h3-4,8-9,14H,5-6,20H2,1-2H3,(H,21,22,23). The average Bonchev–Trinajstić information content (AvgIpc) is 3.26. The van der Waals surface area contributed by atoms with Crippen LogP contribution in [0.25, 0.3) is 0 Å². The maximum Gasteiger partial charge on any atom is 0.231 e. The minimum atomic E-state index is -0.427. The smallest absolute Gasteiger partial charge is 0.231 e. The molecule has 0 bridgehead atoms. The van der Waals surface area contributed by atoms with Gasteiger partial charge < -0.3 is 5.73 Å². The predicted molar refractivity (Wildman–Crippen MR) is 97.8 cm³/mol. The number of Topliss-reactive ketones (excluding diaryl/α,β-unsaturated/α-hetero) is 1. The lowest BCUT2D eigenvalue weighted by molar-refractivity contribution is -0.118. The van der Waals surface area contributed by atoms with Crippen molar-refractivity contribution in [3.05, 3.63) is 51.4 Å². The third-order valence-corrected chi connectivity index (χ3v) is 5.57. The highest BCUT2D eigenvalue weighted by molar-refractivity contribution is 7.08. The number of hydrogen-bond donors (Lipinski definition) is 2. The van der Waals surface area contributed by atoms with E-state index in [1.54, 1.807) is 4.90 Å². The lowest BCUT2D eigenvalue weighted by Crippen LogP contribution is -2.42. The summed E-state index contributed by atoms with van der Waals surface area (Å²) in [5, 5.41) is 20.5. The monoisotopic (exact) mass is 366 g/mol. The Kier molecular flexibility index (Phi) is 3.70. The fraction of sp³-hybridized carbons (Fsp3) is 0.333. The van der Waals surface area contributed by atoms with E-state index in [1.165, 1.54) is 17.7 Å². The second-order valence-corrected chi connectivity index (χ2v) is 8.13. The van der Waals surface area contributed by atoms with Gasteiger partial charge in [0.15, 0.2) is 5.78 Å². The second kappa shape index (κ2) is 5.81. The Labute approximate surface area is 154 Å². The number of anilines is 1. The third-order valence-electron chi connectivity index (χ3n) is 4.87. The zero-order valence-corrected chi connectivity index (χ0v) is 15.3. The molecule has 0 amide bonds. The van der Waals surface area contributed by atoms with Crippen LogP contribution in [-0.2, 0) is 4.79 Å². The van der Waals surface area contributed by atoms with Gasteiger partial charge in [-0.1, -0.05) is 13.8 Å². The van der Waals surface area contributed by atoms with Gasteiger partial charge in [-0.3, -0.25) is 9.69 Å². The molecule has 4 rings (SSSR count). The van der Waals surface area contributed by atoms with E-state index in [2.05, 4.69) is 35.1 Å². The normalized spacial score (nSPS) is 22.4. The van der Waals surface area contributed by atoms with E-state index in [-0.39, 0.29) is 11.2 Å². The Morgan fingerprint density at radius 1 is 1.46 bits per heavy atom. The largest absolute Gasteiger partial charge is 0.384 e. The summed E-state index contributed by atoms with van der Waals surface area (Å²) in [7, 11) is 0. The van der Waals surface area contributed by atoms with Crippen LogP contribution in [0, 0.1) is 16.7 Å². The number of nitrogens with two attached hydrogens (primary N) is 1. The SMILES string of the molecule is CC1(C)CC(=O)C2=C(C1)N(c1ncn[nH]1)C(N)=C(C#N)C2c1ccsc1. The molecule has 1 aliphatic heterocycles. The van der Waals surface area contributed by atoms with Gasteiger partial charge in [0.1, 0.15) is 12.1 Å². The number of thiophene rings is 1. The van der Waals surface area contributed by atoms with Crippen molar-refractivity contribution in [1.29, 1.82) is 5.26 Å². The summed E-state index contributed by atoms with van der Waals surface area (Å²) in [6, 6.07) is 4.17. The summed E-state index contributed by atoms with van der Waals surface area (Å²) in [5.74, 6) is 0.336. The molecule has 7 nitrogen and oxygen atoms in total. The van der Waals surface area contributed by atoms with E-state index in [9.17, 15) is 10.1 Å². The first kappa shape index (κ1) is 16.5. The van der Waals surface area contributed by atoms with Crippen LogP contribution in [0.3, 0.4) is 0 Å². The molecule has 2 aliphatic rings. The average molecular weight is 366 g/mol. The van der Waals surface area contributed by atoms with Gasteiger partial charge in [0, 0.05) is 17.7 Å². The zero-order valence-electron chi connectivity index (χ0n) is 14.5. The van der Waals surface area contributed by atoms with Crippen LogP contribution in [0.5, 0.6) is 0 Å². The Morgan fingerprint density at radius 2 is 2.27 bits per heavy atom.